The number of nitrogens with zero attached hydrogens (tertiary/aromatic N) is 1. The van der Waals surface area contributed by atoms with Gasteiger partial charge in [0, 0.05) is 16.7 Å². The van der Waals surface area contributed by atoms with Crippen LogP contribution in [0.25, 0.3) is 0 Å². The predicted octanol–water partition coefficient (Wildman–Crippen LogP) is 5.63. The van der Waals surface area contributed by atoms with Crippen LogP contribution in [-0.4, -0.2) is 10.7 Å². The summed E-state index contributed by atoms with van der Waals surface area (Å²) in [4.78, 5) is 3.97. The topological polar surface area (TPSA) is 12.9 Å². The molecule has 0 aliphatic heterocycles. The minimum Gasteiger partial charge on any atom is -0.247 e. The first-order valence-corrected chi connectivity index (χ1v) is 7.99. The van der Waals surface area contributed by atoms with Crippen molar-refractivity contribution >= 4 is 11.8 Å². The monoisotopic (exact) mass is 375 g/mol. The average molecular weight is 375 g/mol. The van der Waals surface area contributed by atoms with Crippen LogP contribution in [-0.2, 0) is 12.4 Å². The van der Waals surface area contributed by atoms with Gasteiger partial charge in [0.15, 0.2) is 0 Å². The van der Waals surface area contributed by atoms with E-state index in [2.05, 4.69) is 16.8 Å². The number of hydrogen-bond acceptors (Lipinski definition) is 2. The summed E-state index contributed by atoms with van der Waals surface area (Å²) in [5.74, 6) is 5.79. The van der Waals surface area contributed by atoms with Gasteiger partial charge in [0.1, 0.15) is 5.69 Å². The molecule has 0 amide bonds. The van der Waals surface area contributed by atoms with E-state index in [9.17, 15) is 26.3 Å². The van der Waals surface area contributed by atoms with E-state index in [1.165, 1.54) is 17.8 Å². The van der Waals surface area contributed by atoms with E-state index in [0.717, 1.165) is 24.3 Å². The minimum atomic E-state index is -4.49. The molecule has 1 aromatic heterocycles. The third-order valence-electron chi connectivity index (χ3n) is 3.02. The van der Waals surface area contributed by atoms with Crippen molar-refractivity contribution in [2.24, 2.45) is 0 Å². The summed E-state index contributed by atoms with van der Waals surface area (Å²) in [7, 11) is 0. The molecule has 25 heavy (non-hydrogen) atoms. The van der Waals surface area contributed by atoms with E-state index in [-0.39, 0.29) is 5.69 Å². The van der Waals surface area contributed by atoms with Crippen LogP contribution < -0.4 is 0 Å². The van der Waals surface area contributed by atoms with E-state index in [1.807, 2.05) is 0 Å². The Morgan fingerprint density at radius 2 is 1.56 bits per heavy atom. The molecule has 0 N–H and O–H groups in total. The second-order valence-electron chi connectivity index (χ2n) is 4.82. The molecule has 0 saturated heterocycles. The van der Waals surface area contributed by atoms with Gasteiger partial charge in [-0.05, 0) is 42.0 Å². The van der Waals surface area contributed by atoms with Crippen LogP contribution in [0.15, 0.2) is 41.4 Å². The molecule has 0 atom stereocenters. The summed E-state index contributed by atoms with van der Waals surface area (Å²) in [6, 6.07) is 5.15. The quantitative estimate of drug-likeness (QED) is 0.383. The highest BCUT2D eigenvalue weighted by molar-refractivity contribution is 7.99. The first-order chi connectivity index (χ1) is 11.6. The van der Waals surface area contributed by atoms with Crippen molar-refractivity contribution < 1.29 is 26.3 Å². The zero-order chi connectivity index (χ0) is 18.7. The molecule has 0 unspecified atom stereocenters. The molecule has 132 valence electrons. The van der Waals surface area contributed by atoms with Gasteiger partial charge in [-0.2, -0.15) is 26.3 Å². The summed E-state index contributed by atoms with van der Waals surface area (Å²) in [5, 5.41) is 0. The van der Waals surface area contributed by atoms with Crippen molar-refractivity contribution in [3.63, 3.8) is 0 Å². The van der Waals surface area contributed by atoms with E-state index in [0.29, 0.717) is 22.4 Å². The van der Waals surface area contributed by atoms with Gasteiger partial charge in [0.2, 0.25) is 0 Å². The van der Waals surface area contributed by atoms with Crippen LogP contribution in [0.4, 0.5) is 26.3 Å². The lowest BCUT2D eigenvalue weighted by atomic mass is 10.1. The summed E-state index contributed by atoms with van der Waals surface area (Å²) in [6.45, 7) is 1.79. The number of benzene rings is 1. The van der Waals surface area contributed by atoms with Gasteiger partial charge in [-0.15, -0.1) is 11.8 Å². The Kier molecular flexibility index (Phi) is 5.68. The van der Waals surface area contributed by atoms with Crippen molar-refractivity contribution in [2.75, 3.05) is 5.75 Å². The fraction of sp³-hybridized carbons (Fsp3) is 0.235. The molecule has 1 heterocycles. The molecule has 0 aliphatic rings. The van der Waals surface area contributed by atoms with Crippen molar-refractivity contribution in [2.45, 2.75) is 24.2 Å². The Hall–Kier alpha value is -2.14. The Bertz CT molecular complexity index is 797. The van der Waals surface area contributed by atoms with Gasteiger partial charge in [-0.1, -0.05) is 12.8 Å². The molecule has 0 spiro atoms. The number of aromatic nitrogens is 1. The standard InChI is InChI=1S/C17H11F6NS/c1-2-25-15-9-12(16(18,19)20)5-3-11(15)4-7-14-8-6-13(10-24-14)17(21,22)23/h3,5-6,8-10H,2H2,1H3. The molecular formula is C17H11F6NS. The third kappa shape index (κ3) is 5.16. The second-order valence-corrected chi connectivity index (χ2v) is 6.13. The normalized spacial score (nSPS) is 11.8. The molecule has 2 aromatic rings. The van der Waals surface area contributed by atoms with Crippen LogP contribution >= 0.6 is 11.8 Å². The molecule has 0 saturated carbocycles. The lowest BCUT2D eigenvalue weighted by molar-refractivity contribution is -0.138. The van der Waals surface area contributed by atoms with Crippen LogP contribution in [0.2, 0.25) is 0 Å². The highest BCUT2D eigenvalue weighted by Crippen LogP contribution is 2.33. The molecule has 1 nitrogen and oxygen atoms in total. The summed E-state index contributed by atoms with van der Waals surface area (Å²) >= 11 is 1.20. The van der Waals surface area contributed by atoms with E-state index in [1.54, 1.807) is 6.92 Å². The zero-order valence-electron chi connectivity index (χ0n) is 12.8. The average Bonchev–Trinajstić information content (AvgIpc) is 2.52. The number of rotatable bonds is 2. The fourth-order valence-corrected chi connectivity index (χ4v) is 2.64. The fourth-order valence-electron chi connectivity index (χ4n) is 1.84. The van der Waals surface area contributed by atoms with E-state index < -0.39 is 23.5 Å². The minimum absolute atomic E-state index is 0.0975. The van der Waals surface area contributed by atoms with E-state index >= 15 is 0 Å². The van der Waals surface area contributed by atoms with Crippen molar-refractivity contribution in [1.82, 2.24) is 4.98 Å². The predicted molar refractivity (Wildman–Crippen MR) is 83.1 cm³/mol. The summed E-state index contributed by atoms with van der Waals surface area (Å²) < 4.78 is 75.7. The van der Waals surface area contributed by atoms with Gasteiger partial charge in [-0.25, -0.2) is 4.98 Å². The molecule has 2 rings (SSSR count). The zero-order valence-corrected chi connectivity index (χ0v) is 13.6. The Morgan fingerprint density at radius 1 is 0.920 bits per heavy atom. The maximum Gasteiger partial charge on any atom is 0.417 e. The van der Waals surface area contributed by atoms with Gasteiger partial charge >= 0.3 is 12.4 Å². The lowest BCUT2D eigenvalue weighted by Crippen LogP contribution is -2.05. The van der Waals surface area contributed by atoms with Crippen LogP contribution in [0.1, 0.15) is 29.3 Å². The largest absolute Gasteiger partial charge is 0.417 e. The van der Waals surface area contributed by atoms with Gasteiger partial charge in [-0.3, -0.25) is 0 Å². The Morgan fingerprint density at radius 3 is 2.08 bits per heavy atom. The molecule has 0 aliphatic carbocycles. The molecule has 0 radical (unpaired) electrons. The van der Waals surface area contributed by atoms with Gasteiger partial charge in [0.05, 0.1) is 11.1 Å². The summed E-state index contributed by atoms with van der Waals surface area (Å²) in [5.41, 5.74) is -1.21. The number of pyridine rings is 1. The molecule has 0 fully saturated rings. The highest BCUT2D eigenvalue weighted by Gasteiger charge is 2.31. The van der Waals surface area contributed by atoms with Crippen molar-refractivity contribution in [3.8, 4) is 11.8 Å². The smallest absolute Gasteiger partial charge is 0.247 e. The number of thioether (sulfide) groups is 1. The highest BCUT2D eigenvalue weighted by atomic mass is 32.2. The van der Waals surface area contributed by atoms with Crippen LogP contribution in [0.3, 0.4) is 0 Å². The SMILES string of the molecule is CCSc1cc(C(F)(F)F)ccc1C#Cc1ccc(C(F)(F)F)cn1. The van der Waals surface area contributed by atoms with Gasteiger partial charge < -0.3 is 0 Å². The Balaban J connectivity index is 2.33. The van der Waals surface area contributed by atoms with E-state index in [4.69, 9.17) is 0 Å². The van der Waals surface area contributed by atoms with Crippen LogP contribution in [0.5, 0.6) is 0 Å². The Labute approximate surface area is 144 Å². The lowest BCUT2D eigenvalue weighted by Gasteiger charge is -2.10. The number of hydrogen-bond donors (Lipinski definition) is 0. The van der Waals surface area contributed by atoms with Crippen molar-refractivity contribution in [1.29, 1.82) is 0 Å². The molecular weight excluding hydrogens is 364 g/mol. The molecule has 1 aromatic carbocycles. The number of alkyl halides is 6. The first kappa shape index (κ1) is 19.2. The summed E-state index contributed by atoms with van der Waals surface area (Å²) in [6.07, 6.45) is -8.28. The third-order valence-corrected chi connectivity index (χ3v) is 3.96. The molecule has 0 bridgehead atoms. The first-order valence-electron chi connectivity index (χ1n) is 7.00. The molecule has 8 heteroatoms. The second kappa shape index (κ2) is 7.40. The maximum atomic E-state index is 12.8. The van der Waals surface area contributed by atoms with Crippen LogP contribution in [0, 0.1) is 11.8 Å². The number of halogens is 6. The maximum absolute atomic E-state index is 12.8. The van der Waals surface area contributed by atoms with Crippen molar-refractivity contribution in [3.05, 3.63) is 58.9 Å². The van der Waals surface area contributed by atoms with Gasteiger partial charge in [0.25, 0.3) is 0 Å².